The SMILES string of the molecule is Cc1occ(-c2ccccc2)c1C(=O)ON1C(=O)c2ccccc2C1=O. The van der Waals surface area contributed by atoms with Crippen molar-refractivity contribution in [3.8, 4) is 11.1 Å². The van der Waals surface area contributed by atoms with Crippen LogP contribution in [0.4, 0.5) is 0 Å². The molecule has 2 heterocycles. The molecule has 1 aliphatic rings. The first-order chi connectivity index (χ1) is 12.6. The van der Waals surface area contributed by atoms with Crippen LogP contribution in [-0.4, -0.2) is 22.8 Å². The summed E-state index contributed by atoms with van der Waals surface area (Å²) in [6, 6.07) is 15.5. The van der Waals surface area contributed by atoms with Crippen molar-refractivity contribution in [1.29, 1.82) is 0 Å². The molecule has 0 spiro atoms. The number of benzene rings is 2. The van der Waals surface area contributed by atoms with Gasteiger partial charge in [0, 0.05) is 5.56 Å². The molecule has 0 unspecified atom stereocenters. The summed E-state index contributed by atoms with van der Waals surface area (Å²) in [6.45, 7) is 1.62. The van der Waals surface area contributed by atoms with Crippen molar-refractivity contribution in [3.63, 3.8) is 0 Å². The second kappa shape index (κ2) is 6.00. The molecule has 0 bridgehead atoms. The summed E-state index contributed by atoms with van der Waals surface area (Å²) in [6.07, 6.45) is 1.45. The van der Waals surface area contributed by atoms with Crippen molar-refractivity contribution < 1.29 is 23.6 Å². The number of hydroxylamine groups is 2. The van der Waals surface area contributed by atoms with Crippen LogP contribution in [0.2, 0.25) is 0 Å². The van der Waals surface area contributed by atoms with E-state index in [9.17, 15) is 14.4 Å². The fourth-order valence-electron chi connectivity index (χ4n) is 2.92. The molecule has 0 radical (unpaired) electrons. The van der Waals surface area contributed by atoms with Crippen LogP contribution in [-0.2, 0) is 4.84 Å². The van der Waals surface area contributed by atoms with E-state index in [4.69, 9.17) is 9.25 Å². The van der Waals surface area contributed by atoms with E-state index in [1.165, 1.54) is 18.4 Å². The number of carbonyl (C=O) groups is 3. The highest BCUT2D eigenvalue weighted by molar-refractivity contribution is 6.21. The highest BCUT2D eigenvalue weighted by Crippen LogP contribution is 2.30. The summed E-state index contributed by atoms with van der Waals surface area (Å²) in [5.41, 5.74) is 1.88. The topological polar surface area (TPSA) is 76.8 Å². The predicted molar refractivity (Wildman–Crippen MR) is 91.2 cm³/mol. The Morgan fingerprint density at radius 1 is 0.885 bits per heavy atom. The summed E-state index contributed by atoms with van der Waals surface area (Å²) in [5, 5.41) is 0.494. The third-order valence-electron chi connectivity index (χ3n) is 4.19. The molecule has 0 N–H and O–H groups in total. The number of hydrogen-bond donors (Lipinski definition) is 0. The van der Waals surface area contributed by atoms with Crippen LogP contribution < -0.4 is 0 Å². The highest BCUT2D eigenvalue weighted by atomic mass is 16.7. The molecule has 1 aromatic heterocycles. The largest absolute Gasteiger partial charge is 0.468 e. The number of aryl methyl sites for hydroxylation is 1. The standard InChI is InChI=1S/C20H13NO5/c1-12-17(16(11-25-12)13-7-3-2-4-8-13)20(24)26-21-18(22)14-9-5-6-10-15(14)19(21)23/h2-11H,1H3. The van der Waals surface area contributed by atoms with Crippen molar-refractivity contribution in [2.24, 2.45) is 0 Å². The quantitative estimate of drug-likeness (QED) is 0.676. The highest BCUT2D eigenvalue weighted by Gasteiger charge is 2.39. The Bertz CT molecular complexity index is 1000. The first kappa shape index (κ1) is 15.8. The second-order valence-corrected chi connectivity index (χ2v) is 5.78. The molecule has 0 saturated carbocycles. The van der Waals surface area contributed by atoms with Gasteiger partial charge >= 0.3 is 5.97 Å². The predicted octanol–water partition coefficient (Wildman–Crippen LogP) is 3.62. The Morgan fingerprint density at radius 3 is 2.08 bits per heavy atom. The van der Waals surface area contributed by atoms with Gasteiger partial charge in [-0.25, -0.2) is 4.79 Å². The van der Waals surface area contributed by atoms with Gasteiger partial charge in [0.25, 0.3) is 11.8 Å². The van der Waals surface area contributed by atoms with Crippen LogP contribution in [0.15, 0.2) is 65.3 Å². The van der Waals surface area contributed by atoms with E-state index in [0.717, 1.165) is 5.56 Å². The molecule has 4 rings (SSSR count). The summed E-state index contributed by atoms with van der Waals surface area (Å²) in [5.74, 6) is -1.82. The second-order valence-electron chi connectivity index (χ2n) is 5.78. The summed E-state index contributed by atoms with van der Waals surface area (Å²) in [7, 11) is 0. The van der Waals surface area contributed by atoms with Gasteiger partial charge in [-0.05, 0) is 24.6 Å². The minimum atomic E-state index is -0.829. The Morgan fingerprint density at radius 2 is 1.46 bits per heavy atom. The molecule has 0 atom stereocenters. The zero-order valence-corrected chi connectivity index (χ0v) is 13.8. The number of furan rings is 1. The molecule has 0 fully saturated rings. The number of fused-ring (bicyclic) bond motifs is 1. The van der Waals surface area contributed by atoms with Gasteiger partial charge in [-0.3, -0.25) is 9.59 Å². The molecule has 0 aliphatic carbocycles. The minimum Gasteiger partial charge on any atom is -0.468 e. The van der Waals surface area contributed by atoms with Gasteiger partial charge in [0.15, 0.2) is 0 Å². The molecular weight excluding hydrogens is 334 g/mol. The number of rotatable bonds is 3. The molecule has 26 heavy (non-hydrogen) atoms. The number of carbonyl (C=O) groups excluding carboxylic acids is 3. The Balaban J connectivity index is 1.66. The number of nitrogens with zero attached hydrogens (tertiary/aromatic N) is 1. The average Bonchev–Trinajstić information content (AvgIpc) is 3.16. The van der Waals surface area contributed by atoms with Crippen LogP contribution in [0.25, 0.3) is 11.1 Å². The van der Waals surface area contributed by atoms with E-state index < -0.39 is 17.8 Å². The van der Waals surface area contributed by atoms with Crippen molar-refractivity contribution in [2.45, 2.75) is 6.92 Å². The summed E-state index contributed by atoms with van der Waals surface area (Å²) in [4.78, 5) is 42.5. The minimum absolute atomic E-state index is 0.174. The van der Waals surface area contributed by atoms with Gasteiger partial charge in [-0.1, -0.05) is 47.5 Å². The number of hydrogen-bond acceptors (Lipinski definition) is 5. The first-order valence-corrected chi connectivity index (χ1v) is 7.91. The molecule has 0 saturated heterocycles. The van der Waals surface area contributed by atoms with Crippen LogP contribution in [0.5, 0.6) is 0 Å². The van der Waals surface area contributed by atoms with Crippen molar-refractivity contribution in [1.82, 2.24) is 5.06 Å². The fraction of sp³-hybridized carbons (Fsp3) is 0.0500. The zero-order valence-electron chi connectivity index (χ0n) is 13.8. The summed E-state index contributed by atoms with van der Waals surface area (Å²) < 4.78 is 5.36. The van der Waals surface area contributed by atoms with E-state index in [2.05, 4.69) is 0 Å². The van der Waals surface area contributed by atoms with Gasteiger partial charge in [0.1, 0.15) is 11.3 Å². The van der Waals surface area contributed by atoms with Crippen LogP contribution in [0, 0.1) is 6.92 Å². The lowest BCUT2D eigenvalue weighted by Gasteiger charge is -2.13. The number of imide groups is 1. The lowest BCUT2D eigenvalue weighted by atomic mass is 10.0. The van der Waals surface area contributed by atoms with Crippen molar-refractivity contribution >= 4 is 17.8 Å². The summed E-state index contributed by atoms with van der Waals surface area (Å²) >= 11 is 0. The Labute approximate surface area is 148 Å². The average molecular weight is 347 g/mol. The molecule has 128 valence electrons. The zero-order chi connectivity index (χ0) is 18.3. The van der Waals surface area contributed by atoms with Gasteiger partial charge in [0.2, 0.25) is 0 Å². The lowest BCUT2D eigenvalue weighted by Crippen LogP contribution is -2.32. The van der Waals surface area contributed by atoms with Crippen molar-refractivity contribution in [2.75, 3.05) is 0 Å². The maximum Gasteiger partial charge on any atom is 0.368 e. The number of amides is 2. The van der Waals surface area contributed by atoms with Gasteiger partial charge in [-0.2, -0.15) is 0 Å². The molecule has 6 nitrogen and oxygen atoms in total. The molecule has 1 aliphatic heterocycles. The van der Waals surface area contributed by atoms with E-state index >= 15 is 0 Å². The Kier molecular flexibility index (Phi) is 3.65. The lowest BCUT2D eigenvalue weighted by molar-refractivity contribution is -0.0585. The van der Waals surface area contributed by atoms with Crippen molar-refractivity contribution in [3.05, 3.63) is 83.3 Å². The van der Waals surface area contributed by atoms with E-state index in [0.29, 0.717) is 16.4 Å². The molecule has 6 heteroatoms. The third kappa shape index (κ3) is 2.39. The fourth-order valence-corrected chi connectivity index (χ4v) is 2.92. The van der Waals surface area contributed by atoms with Crippen LogP contribution >= 0.6 is 0 Å². The van der Waals surface area contributed by atoms with E-state index in [-0.39, 0.29) is 16.7 Å². The molecule has 3 aromatic rings. The molecule has 2 amide bonds. The monoisotopic (exact) mass is 347 g/mol. The third-order valence-corrected chi connectivity index (χ3v) is 4.19. The molecule has 2 aromatic carbocycles. The first-order valence-electron chi connectivity index (χ1n) is 7.91. The maximum absolute atomic E-state index is 12.7. The maximum atomic E-state index is 12.7. The normalized spacial score (nSPS) is 13.0. The van der Waals surface area contributed by atoms with Gasteiger partial charge < -0.3 is 9.25 Å². The van der Waals surface area contributed by atoms with Crippen LogP contribution in [0.1, 0.15) is 36.8 Å². The van der Waals surface area contributed by atoms with E-state index in [1.54, 1.807) is 19.1 Å². The Hall–Kier alpha value is -3.67. The van der Waals surface area contributed by atoms with Gasteiger partial charge in [0.05, 0.1) is 17.4 Å². The van der Waals surface area contributed by atoms with Gasteiger partial charge in [-0.15, -0.1) is 0 Å². The smallest absolute Gasteiger partial charge is 0.368 e. The van der Waals surface area contributed by atoms with Crippen LogP contribution in [0.3, 0.4) is 0 Å². The molecular formula is C20H13NO5. The van der Waals surface area contributed by atoms with E-state index in [1.807, 2.05) is 30.3 Å².